The predicted octanol–water partition coefficient (Wildman–Crippen LogP) is 4.44. The van der Waals surface area contributed by atoms with E-state index in [1.54, 1.807) is 0 Å². The number of nitrogens with zero attached hydrogens (tertiary/aromatic N) is 2. The first kappa shape index (κ1) is 17.0. The molecule has 2 rings (SSSR count). The molecule has 0 fully saturated rings. The summed E-state index contributed by atoms with van der Waals surface area (Å²) in [5.74, 6) is -1.18. The number of alkyl halides is 6. The van der Waals surface area contributed by atoms with E-state index in [2.05, 4.69) is 9.97 Å². The SMILES string of the molecule is O=C(O)N(CC(Cl)(Cl)Cl)c1ccc2[nH]c(C(F)(F)F)nc2c1. The van der Waals surface area contributed by atoms with Crippen LogP contribution in [0, 0.1) is 0 Å². The van der Waals surface area contributed by atoms with E-state index in [0.717, 1.165) is 6.07 Å². The molecule has 0 aliphatic carbocycles. The zero-order valence-electron chi connectivity index (χ0n) is 10.5. The van der Waals surface area contributed by atoms with Crippen LogP contribution in [0.4, 0.5) is 23.7 Å². The maximum Gasteiger partial charge on any atom is 0.449 e. The van der Waals surface area contributed by atoms with Gasteiger partial charge in [0, 0.05) is 5.69 Å². The Labute approximate surface area is 136 Å². The largest absolute Gasteiger partial charge is 0.465 e. The third-order valence-corrected chi connectivity index (χ3v) is 2.97. The van der Waals surface area contributed by atoms with Gasteiger partial charge >= 0.3 is 12.3 Å². The standard InChI is InChI=1S/C11H7Cl3F3N3O2/c12-10(13,14)4-20(9(21)22)5-1-2-6-7(3-5)19-8(18-6)11(15,16)17/h1-3H,4H2,(H,18,19)(H,21,22). The van der Waals surface area contributed by atoms with Gasteiger partial charge in [-0.25, -0.2) is 9.78 Å². The van der Waals surface area contributed by atoms with Crippen molar-refractivity contribution in [1.29, 1.82) is 0 Å². The summed E-state index contributed by atoms with van der Waals surface area (Å²) in [7, 11) is 0. The molecule has 0 unspecified atom stereocenters. The normalized spacial score (nSPS) is 12.6. The highest BCUT2D eigenvalue weighted by atomic mass is 35.6. The highest BCUT2D eigenvalue weighted by molar-refractivity contribution is 6.68. The lowest BCUT2D eigenvalue weighted by Gasteiger charge is -2.23. The zero-order chi connectivity index (χ0) is 16.7. The van der Waals surface area contributed by atoms with Crippen molar-refractivity contribution in [3.8, 4) is 0 Å². The summed E-state index contributed by atoms with van der Waals surface area (Å²) >= 11 is 16.7. The van der Waals surface area contributed by atoms with Crippen LogP contribution in [0.1, 0.15) is 5.82 Å². The Kier molecular flexibility index (Phi) is 4.38. The van der Waals surface area contributed by atoms with E-state index >= 15 is 0 Å². The molecule has 0 spiro atoms. The van der Waals surface area contributed by atoms with Gasteiger partial charge in [-0.15, -0.1) is 0 Å². The van der Waals surface area contributed by atoms with Crippen molar-refractivity contribution in [2.45, 2.75) is 9.97 Å². The summed E-state index contributed by atoms with van der Waals surface area (Å²) in [5, 5.41) is 9.14. The Morgan fingerprint density at radius 1 is 1.32 bits per heavy atom. The number of carboxylic acid groups (broad SMARTS) is 1. The average molecular weight is 377 g/mol. The van der Waals surface area contributed by atoms with E-state index < -0.39 is 28.4 Å². The van der Waals surface area contributed by atoms with Crippen LogP contribution < -0.4 is 4.90 Å². The van der Waals surface area contributed by atoms with Gasteiger partial charge in [0.05, 0.1) is 17.6 Å². The number of hydrogen-bond donors (Lipinski definition) is 2. The van der Waals surface area contributed by atoms with Gasteiger partial charge in [0.25, 0.3) is 0 Å². The van der Waals surface area contributed by atoms with Crippen LogP contribution in [0.25, 0.3) is 11.0 Å². The fraction of sp³-hybridized carbons (Fsp3) is 0.273. The predicted molar refractivity (Wildman–Crippen MR) is 76.8 cm³/mol. The molecule has 2 N–H and O–H groups in total. The minimum atomic E-state index is -4.64. The van der Waals surface area contributed by atoms with Gasteiger partial charge in [0.1, 0.15) is 0 Å². The highest BCUT2D eigenvalue weighted by Crippen LogP contribution is 2.32. The molecule has 0 bridgehead atoms. The van der Waals surface area contributed by atoms with Gasteiger partial charge in [0.15, 0.2) is 0 Å². The quantitative estimate of drug-likeness (QED) is 0.762. The summed E-state index contributed by atoms with van der Waals surface area (Å²) < 4.78 is 35.9. The first-order chi connectivity index (χ1) is 9.97. The summed E-state index contributed by atoms with van der Waals surface area (Å²) in [6.45, 7) is -0.491. The molecule has 2 aromatic rings. The number of hydrogen-bond acceptors (Lipinski definition) is 2. The van der Waals surface area contributed by atoms with Crippen molar-refractivity contribution in [2.24, 2.45) is 0 Å². The lowest BCUT2D eigenvalue weighted by molar-refractivity contribution is -0.144. The van der Waals surface area contributed by atoms with E-state index in [4.69, 9.17) is 39.9 Å². The van der Waals surface area contributed by atoms with Crippen LogP contribution in [0.2, 0.25) is 0 Å². The second-order valence-corrected chi connectivity index (χ2v) is 6.78. The van der Waals surface area contributed by atoms with E-state index in [9.17, 15) is 18.0 Å². The summed E-state index contributed by atoms with van der Waals surface area (Å²) in [4.78, 5) is 17.4. The number of amides is 1. The molecule has 1 heterocycles. The van der Waals surface area contributed by atoms with Crippen LogP contribution >= 0.6 is 34.8 Å². The van der Waals surface area contributed by atoms with Gasteiger partial charge in [-0.1, -0.05) is 34.8 Å². The van der Waals surface area contributed by atoms with Crippen LogP contribution in [0.5, 0.6) is 0 Å². The van der Waals surface area contributed by atoms with Crippen molar-refractivity contribution in [3.05, 3.63) is 24.0 Å². The minimum absolute atomic E-state index is 0.0338. The molecule has 1 amide bonds. The maximum absolute atomic E-state index is 12.6. The lowest BCUT2D eigenvalue weighted by atomic mass is 10.2. The van der Waals surface area contributed by atoms with Crippen molar-refractivity contribution >= 4 is 57.6 Å². The number of anilines is 1. The van der Waals surface area contributed by atoms with Gasteiger partial charge in [0.2, 0.25) is 9.62 Å². The van der Waals surface area contributed by atoms with Crippen LogP contribution in [-0.2, 0) is 6.18 Å². The smallest absolute Gasteiger partial charge is 0.449 e. The molecular weight excluding hydrogens is 369 g/mol. The van der Waals surface area contributed by atoms with Crippen LogP contribution in [0.15, 0.2) is 18.2 Å². The fourth-order valence-corrected chi connectivity index (χ4v) is 2.10. The Morgan fingerprint density at radius 2 is 1.95 bits per heavy atom. The van der Waals surface area contributed by atoms with Gasteiger partial charge < -0.3 is 10.1 Å². The summed E-state index contributed by atoms with van der Waals surface area (Å²) in [6, 6.07) is 3.71. The zero-order valence-corrected chi connectivity index (χ0v) is 12.7. The van der Waals surface area contributed by atoms with E-state index in [1.165, 1.54) is 12.1 Å². The Morgan fingerprint density at radius 3 is 2.45 bits per heavy atom. The molecule has 0 saturated carbocycles. The average Bonchev–Trinajstić information content (AvgIpc) is 2.77. The fourth-order valence-electron chi connectivity index (χ4n) is 1.74. The number of imidazole rings is 1. The summed E-state index contributed by atoms with van der Waals surface area (Å²) in [5.41, 5.74) is 0.0854. The van der Waals surface area contributed by atoms with Gasteiger partial charge in [-0.05, 0) is 18.2 Å². The first-order valence-corrected chi connectivity index (χ1v) is 6.75. The molecule has 22 heavy (non-hydrogen) atoms. The van der Waals surface area contributed by atoms with E-state index in [1.807, 2.05) is 0 Å². The molecule has 0 aliphatic heterocycles. The van der Waals surface area contributed by atoms with Crippen LogP contribution in [0.3, 0.4) is 0 Å². The molecule has 5 nitrogen and oxygen atoms in total. The number of rotatable bonds is 2. The number of carbonyl (C=O) groups is 1. The highest BCUT2D eigenvalue weighted by Gasteiger charge is 2.35. The van der Waals surface area contributed by atoms with E-state index in [-0.39, 0.29) is 16.7 Å². The molecule has 0 aliphatic rings. The number of halogens is 6. The van der Waals surface area contributed by atoms with Crippen LogP contribution in [-0.4, -0.2) is 31.5 Å². The van der Waals surface area contributed by atoms with E-state index in [0.29, 0.717) is 4.90 Å². The van der Waals surface area contributed by atoms with Gasteiger partial charge in [-0.3, -0.25) is 4.90 Å². The molecule has 0 saturated heterocycles. The topological polar surface area (TPSA) is 69.2 Å². The van der Waals surface area contributed by atoms with Gasteiger partial charge in [-0.2, -0.15) is 13.2 Å². The number of aromatic nitrogens is 2. The molecule has 1 aromatic heterocycles. The molecule has 0 atom stereocenters. The number of fused-ring (bicyclic) bond motifs is 1. The molecule has 120 valence electrons. The number of nitrogens with one attached hydrogen (secondary N) is 1. The number of H-pyrrole nitrogens is 1. The molecule has 1 aromatic carbocycles. The monoisotopic (exact) mass is 375 g/mol. The third kappa shape index (κ3) is 3.88. The second-order valence-electron chi connectivity index (χ2n) is 4.27. The number of aromatic amines is 1. The third-order valence-electron chi connectivity index (χ3n) is 2.62. The first-order valence-electron chi connectivity index (χ1n) is 5.61. The molecule has 11 heteroatoms. The van der Waals surface area contributed by atoms with Crippen molar-refractivity contribution < 1.29 is 23.1 Å². The Balaban J connectivity index is 2.44. The molecular formula is C11H7Cl3F3N3O2. The lowest BCUT2D eigenvalue weighted by Crippen LogP contribution is -2.36. The second kappa shape index (κ2) is 5.68. The Bertz CT molecular complexity index is 712. The van der Waals surface area contributed by atoms with Crippen molar-refractivity contribution in [3.63, 3.8) is 0 Å². The van der Waals surface area contributed by atoms with Crippen molar-refractivity contribution in [1.82, 2.24) is 9.97 Å². The Hall–Kier alpha value is -1.38. The minimum Gasteiger partial charge on any atom is -0.465 e. The van der Waals surface area contributed by atoms with Crippen molar-refractivity contribution in [2.75, 3.05) is 11.4 Å². The number of benzene rings is 1. The maximum atomic E-state index is 12.6. The molecule has 0 radical (unpaired) electrons. The summed E-state index contributed by atoms with van der Waals surface area (Å²) in [6.07, 6.45) is -6.05.